The molecule has 0 aromatic carbocycles. The fourth-order valence-electron chi connectivity index (χ4n) is 3.91. The number of anilines is 1. The number of fused-ring (bicyclic) bond motifs is 1. The molecule has 4 aromatic rings. The molecule has 0 amide bonds. The number of Topliss-reactive ketones (excluding diaryl/α,β-unsaturated/α-hetero) is 1. The summed E-state index contributed by atoms with van der Waals surface area (Å²) in [6.07, 6.45) is 8.94. The van der Waals surface area contributed by atoms with E-state index >= 15 is 0 Å². The second kappa shape index (κ2) is 7.92. The number of carbonyl (C=O) groups is 1. The number of ketones is 1. The van der Waals surface area contributed by atoms with Gasteiger partial charge >= 0.3 is 0 Å². The average molecular weight is 418 g/mol. The van der Waals surface area contributed by atoms with E-state index in [9.17, 15) is 4.79 Å². The van der Waals surface area contributed by atoms with Gasteiger partial charge in [0.1, 0.15) is 23.3 Å². The molecule has 0 spiro atoms. The summed E-state index contributed by atoms with van der Waals surface area (Å²) in [6, 6.07) is 3.78. The Labute approximate surface area is 178 Å². The lowest BCUT2D eigenvalue weighted by Gasteiger charge is -2.21. The first-order valence-electron chi connectivity index (χ1n) is 10.2. The largest absolute Gasteiger partial charge is 0.443 e. The van der Waals surface area contributed by atoms with E-state index in [1.165, 1.54) is 12.5 Å². The molecule has 2 N–H and O–H groups in total. The van der Waals surface area contributed by atoms with Crippen molar-refractivity contribution in [3.8, 4) is 22.8 Å². The van der Waals surface area contributed by atoms with Crippen molar-refractivity contribution in [1.29, 1.82) is 0 Å². The summed E-state index contributed by atoms with van der Waals surface area (Å²) in [5.41, 5.74) is 9.75. The van der Waals surface area contributed by atoms with Crippen molar-refractivity contribution in [3.63, 3.8) is 0 Å². The Kier molecular flexibility index (Phi) is 4.95. The second-order valence-electron chi connectivity index (χ2n) is 7.75. The van der Waals surface area contributed by atoms with Crippen LogP contribution in [-0.4, -0.2) is 43.3 Å². The van der Waals surface area contributed by atoms with Crippen LogP contribution in [0.3, 0.4) is 0 Å². The van der Waals surface area contributed by atoms with Crippen molar-refractivity contribution in [2.24, 2.45) is 5.92 Å². The summed E-state index contributed by atoms with van der Waals surface area (Å²) in [5.74, 6) is 0.387. The maximum atomic E-state index is 13.0. The number of oxazole rings is 1. The number of hydrogen-bond donors (Lipinski definition) is 1. The van der Waals surface area contributed by atoms with E-state index < -0.39 is 0 Å². The molecule has 1 atom stereocenters. The number of aryl methyl sites for hydroxylation is 1. The molecule has 0 unspecified atom stereocenters. The average Bonchev–Trinajstić information content (AvgIpc) is 3.44. The minimum atomic E-state index is -0.138. The summed E-state index contributed by atoms with van der Waals surface area (Å²) in [4.78, 5) is 30.8. The highest BCUT2D eigenvalue weighted by atomic mass is 16.5. The van der Waals surface area contributed by atoms with Crippen molar-refractivity contribution >= 4 is 17.2 Å². The van der Waals surface area contributed by atoms with E-state index in [1.807, 2.05) is 29.7 Å². The van der Waals surface area contributed by atoms with Crippen LogP contribution in [-0.2, 0) is 4.74 Å². The Morgan fingerprint density at radius 1 is 1.26 bits per heavy atom. The normalized spacial score (nSPS) is 16.6. The van der Waals surface area contributed by atoms with Crippen LogP contribution in [0.4, 0.5) is 5.82 Å². The molecule has 5 heterocycles. The number of rotatable bonds is 5. The fraction of sp³-hybridized carbons (Fsp3) is 0.318. The second-order valence-corrected chi connectivity index (χ2v) is 7.75. The third-order valence-electron chi connectivity index (χ3n) is 5.51. The van der Waals surface area contributed by atoms with Gasteiger partial charge in [0.15, 0.2) is 17.3 Å². The molecule has 1 aliphatic heterocycles. The number of carbonyl (C=O) groups excluding carboxylic acids is 1. The van der Waals surface area contributed by atoms with Crippen LogP contribution in [0, 0.1) is 12.8 Å². The van der Waals surface area contributed by atoms with Gasteiger partial charge in [0, 0.05) is 43.3 Å². The molecular weight excluding hydrogens is 396 g/mol. The summed E-state index contributed by atoms with van der Waals surface area (Å²) in [6.45, 7) is 3.29. The number of hydrogen-bond acceptors (Lipinski definition) is 8. The highest BCUT2D eigenvalue weighted by Crippen LogP contribution is 2.31. The zero-order valence-corrected chi connectivity index (χ0v) is 17.1. The Hall–Kier alpha value is -3.59. The SMILES string of the molecule is Cc1cnc2ccc(-c3nc(C(=O)C[C@@H]4CCCOC4)c(N)nc3-c3ncco3)cn12. The highest BCUT2D eigenvalue weighted by molar-refractivity contribution is 5.99. The van der Waals surface area contributed by atoms with Gasteiger partial charge < -0.3 is 19.3 Å². The van der Waals surface area contributed by atoms with Gasteiger partial charge in [0.2, 0.25) is 5.89 Å². The van der Waals surface area contributed by atoms with Crippen molar-refractivity contribution in [2.75, 3.05) is 18.9 Å². The Bertz CT molecular complexity index is 1240. The molecule has 9 heteroatoms. The smallest absolute Gasteiger partial charge is 0.247 e. The van der Waals surface area contributed by atoms with Crippen LogP contribution in [0.5, 0.6) is 0 Å². The van der Waals surface area contributed by atoms with Gasteiger partial charge in [-0.25, -0.2) is 19.9 Å². The first kappa shape index (κ1) is 19.4. The molecule has 4 aromatic heterocycles. The predicted octanol–water partition coefficient (Wildman–Crippen LogP) is 3.34. The molecular formula is C22H22N6O3. The Morgan fingerprint density at radius 2 is 2.16 bits per heavy atom. The molecule has 0 saturated carbocycles. The fourth-order valence-corrected chi connectivity index (χ4v) is 3.91. The molecule has 5 rings (SSSR count). The molecule has 1 aliphatic rings. The maximum absolute atomic E-state index is 13.0. The number of ether oxygens (including phenoxy) is 1. The maximum Gasteiger partial charge on any atom is 0.247 e. The Balaban J connectivity index is 1.60. The monoisotopic (exact) mass is 418 g/mol. The molecule has 1 saturated heterocycles. The molecule has 31 heavy (non-hydrogen) atoms. The van der Waals surface area contributed by atoms with E-state index in [2.05, 4.69) is 19.9 Å². The van der Waals surface area contributed by atoms with Gasteiger partial charge in [0.25, 0.3) is 0 Å². The minimum Gasteiger partial charge on any atom is -0.443 e. The summed E-state index contributed by atoms with van der Waals surface area (Å²) < 4.78 is 12.9. The molecule has 0 bridgehead atoms. The van der Waals surface area contributed by atoms with Gasteiger partial charge in [0.05, 0.1) is 6.20 Å². The van der Waals surface area contributed by atoms with Crippen molar-refractivity contribution in [1.82, 2.24) is 24.3 Å². The van der Waals surface area contributed by atoms with Crippen molar-refractivity contribution in [2.45, 2.75) is 26.2 Å². The van der Waals surface area contributed by atoms with Crippen LogP contribution < -0.4 is 5.73 Å². The van der Waals surface area contributed by atoms with Gasteiger partial charge in [-0.1, -0.05) is 0 Å². The third kappa shape index (κ3) is 3.68. The number of imidazole rings is 1. The molecule has 158 valence electrons. The molecule has 9 nitrogen and oxygen atoms in total. The zero-order valence-electron chi connectivity index (χ0n) is 17.1. The van der Waals surface area contributed by atoms with Crippen molar-refractivity contribution in [3.05, 3.63) is 48.4 Å². The van der Waals surface area contributed by atoms with Crippen molar-refractivity contribution < 1.29 is 13.9 Å². The lowest BCUT2D eigenvalue weighted by Crippen LogP contribution is -2.21. The van der Waals surface area contributed by atoms with Gasteiger partial charge in [-0.3, -0.25) is 4.79 Å². The van der Waals surface area contributed by atoms with Crippen LogP contribution in [0.2, 0.25) is 0 Å². The first-order valence-corrected chi connectivity index (χ1v) is 10.2. The number of pyridine rings is 1. The van der Waals surface area contributed by atoms with E-state index in [0.717, 1.165) is 36.4 Å². The lowest BCUT2D eigenvalue weighted by molar-refractivity contribution is 0.0487. The van der Waals surface area contributed by atoms with E-state index in [-0.39, 0.29) is 29.1 Å². The summed E-state index contributed by atoms with van der Waals surface area (Å²) >= 11 is 0. The van der Waals surface area contributed by atoms with Crippen LogP contribution in [0.25, 0.3) is 28.5 Å². The van der Waals surface area contributed by atoms with E-state index in [4.69, 9.17) is 14.9 Å². The quantitative estimate of drug-likeness (QED) is 0.490. The summed E-state index contributed by atoms with van der Waals surface area (Å²) in [7, 11) is 0. The highest BCUT2D eigenvalue weighted by Gasteiger charge is 2.25. The minimum absolute atomic E-state index is 0.0681. The number of nitrogens with zero attached hydrogens (tertiary/aromatic N) is 5. The zero-order chi connectivity index (χ0) is 21.4. The van der Waals surface area contributed by atoms with Crippen LogP contribution in [0.1, 0.15) is 35.4 Å². The summed E-state index contributed by atoms with van der Waals surface area (Å²) in [5, 5.41) is 0. The molecule has 1 fully saturated rings. The number of nitrogens with two attached hydrogens (primary N) is 1. The predicted molar refractivity (Wildman–Crippen MR) is 113 cm³/mol. The van der Waals surface area contributed by atoms with Gasteiger partial charge in [-0.05, 0) is 37.8 Å². The Morgan fingerprint density at radius 3 is 2.94 bits per heavy atom. The lowest BCUT2D eigenvalue weighted by atomic mass is 9.95. The third-order valence-corrected chi connectivity index (χ3v) is 5.51. The first-order chi connectivity index (χ1) is 15.1. The molecule has 0 aliphatic carbocycles. The van der Waals surface area contributed by atoms with Crippen LogP contribution >= 0.6 is 0 Å². The number of nitrogen functional groups attached to an aromatic ring is 1. The van der Waals surface area contributed by atoms with Gasteiger partial charge in [-0.2, -0.15) is 0 Å². The van der Waals surface area contributed by atoms with Gasteiger partial charge in [-0.15, -0.1) is 0 Å². The van der Waals surface area contributed by atoms with Crippen LogP contribution in [0.15, 0.2) is 41.4 Å². The standard InChI is InChI=1S/C22H22N6O3/c1-13-10-25-17-5-4-15(11-28(13)17)18-20(22-24-6-8-31-22)27-21(23)19(26-18)16(29)9-14-3-2-7-30-12-14/h4-6,8,10-11,14H,2-3,7,9,12H2,1H3,(H2,23,27)/t14-/m0/s1. The molecule has 0 radical (unpaired) electrons. The topological polar surface area (TPSA) is 121 Å². The number of aromatic nitrogens is 5. The van der Waals surface area contributed by atoms with E-state index in [1.54, 1.807) is 6.20 Å². The van der Waals surface area contributed by atoms with E-state index in [0.29, 0.717) is 24.4 Å².